The summed E-state index contributed by atoms with van der Waals surface area (Å²) < 4.78 is 17.8. The Hall–Kier alpha value is -1.18. The molecular formula is C12H9BrClFN4S. The number of benzene rings is 1. The van der Waals surface area contributed by atoms with Gasteiger partial charge in [0.05, 0.1) is 16.4 Å². The summed E-state index contributed by atoms with van der Waals surface area (Å²) in [6.07, 6.45) is 0. The zero-order valence-corrected chi connectivity index (χ0v) is 13.7. The molecule has 0 bridgehead atoms. The van der Waals surface area contributed by atoms with Crippen molar-refractivity contribution in [3.8, 4) is 5.69 Å². The number of nitrogens with zero attached hydrogens (tertiary/aromatic N) is 3. The lowest BCUT2D eigenvalue weighted by molar-refractivity contribution is 0.626. The summed E-state index contributed by atoms with van der Waals surface area (Å²) in [6.45, 7) is 1.89. The van der Waals surface area contributed by atoms with Crippen LogP contribution in [0, 0.1) is 17.5 Å². The number of halogens is 3. The van der Waals surface area contributed by atoms with Crippen molar-refractivity contribution in [1.82, 2.24) is 19.3 Å². The van der Waals surface area contributed by atoms with Crippen LogP contribution in [0.15, 0.2) is 16.6 Å². The van der Waals surface area contributed by atoms with Gasteiger partial charge in [0.2, 0.25) is 0 Å². The number of imidazole rings is 1. The van der Waals surface area contributed by atoms with E-state index in [1.807, 2.05) is 14.0 Å². The quantitative estimate of drug-likeness (QED) is 0.645. The van der Waals surface area contributed by atoms with E-state index in [0.29, 0.717) is 14.9 Å². The van der Waals surface area contributed by atoms with Crippen molar-refractivity contribution in [3.05, 3.63) is 37.9 Å². The van der Waals surface area contributed by atoms with Crippen LogP contribution in [0.5, 0.6) is 0 Å². The fraction of sp³-hybridized carbons (Fsp3) is 0.167. The molecule has 1 aromatic carbocycles. The Bertz CT molecular complexity index is 872. The molecule has 4 nitrogen and oxygen atoms in total. The predicted octanol–water partition coefficient (Wildman–Crippen LogP) is 4.29. The Kier molecular flexibility index (Phi) is 3.23. The van der Waals surface area contributed by atoms with Crippen LogP contribution in [0.3, 0.4) is 0 Å². The summed E-state index contributed by atoms with van der Waals surface area (Å²) in [5, 5.41) is 4.61. The maximum Gasteiger partial charge on any atom is 0.184 e. The Morgan fingerprint density at radius 3 is 2.80 bits per heavy atom. The summed E-state index contributed by atoms with van der Waals surface area (Å²) in [4.78, 5) is 3.10. The molecule has 20 heavy (non-hydrogen) atoms. The van der Waals surface area contributed by atoms with Crippen LogP contribution in [-0.2, 0) is 7.05 Å². The topological polar surface area (TPSA) is 38.5 Å². The fourth-order valence-electron chi connectivity index (χ4n) is 2.26. The number of aromatic nitrogens is 4. The molecule has 0 aliphatic rings. The lowest BCUT2D eigenvalue weighted by atomic mass is 10.3. The maximum atomic E-state index is 13.4. The number of hydrogen-bond donors (Lipinski definition) is 1. The molecule has 8 heteroatoms. The highest BCUT2D eigenvalue weighted by Crippen LogP contribution is 2.33. The van der Waals surface area contributed by atoms with Gasteiger partial charge in [0.1, 0.15) is 11.3 Å². The number of aromatic amines is 1. The molecule has 3 aromatic rings. The molecule has 0 amide bonds. The van der Waals surface area contributed by atoms with Crippen LogP contribution in [0.4, 0.5) is 4.39 Å². The number of hydrogen-bond acceptors (Lipinski definition) is 2. The van der Waals surface area contributed by atoms with Crippen molar-refractivity contribution in [1.29, 1.82) is 0 Å². The molecule has 0 saturated heterocycles. The van der Waals surface area contributed by atoms with Crippen molar-refractivity contribution < 1.29 is 4.39 Å². The summed E-state index contributed by atoms with van der Waals surface area (Å²) >= 11 is 14.9. The second-order valence-corrected chi connectivity index (χ2v) is 6.04. The van der Waals surface area contributed by atoms with Crippen LogP contribution < -0.4 is 0 Å². The second-order valence-electron chi connectivity index (χ2n) is 4.39. The Labute approximate surface area is 132 Å². The molecule has 0 fully saturated rings. The second kappa shape index (κ2) is 4.68. The normalized spacial score (nSPS) is 11.4. The molecule has 104 valence electrons. The van der Waals surface area contributed by atoms with Gasteiger partial charge in [0, 0.05) is 11.5 Å². The van der Waals surface area contributed by atoms with Crippen molar-refractivity contribution in [2.75, 3.05) is 0 Å². The van der Waals surface area contributed by atoms with Gasteiger partial charge >= 0.3 is 0 Å². The predicted molar refractivity (Wildman–Crippen MR) is 82.6 cm³/mol. The Balaban J connectivity index is 2.47. The number of nitrogens with one attached hydrogen (secondary N) is 1. The van der Waals surface area contributed by atoms with Crippen molar-refractivity contribution in [3.63, 3.8) is 0 Å². The fourth-order valence-corrected chi connectivity index (χ4v) is 3.56. The van der Waals surface area contributed by atoms with E-state index >= 15 is 0 Å². The highest BCUT2D eigenvalue weighted by molar-refractivity contribution is 9.10. The first-order valence-electron chi connectivity index (χ1n) is 5.69. The smallest absolute Gasteiger partial charge is 0.184 e. The molecule has 1 N–H and O–H groups in total. The van der Waals surface area contributed by atoms with Crippen molar-refractivity contribution in [2.45, 2.75) is 6.92 Å². The molecule has 0 unspecified atom stereocenters. The third-order valence-electron chi connectivity index (χ3n) is 3.04. The van der Waals surface area contributed by atoms with Crippen LogP contribution in [0.25, 0.3) is 16.9 Å². The zero-order chi connectivity index (χ0) is 14.6. The van der Waals surface area contributed by atoms with E-state index in [9.17, 15) is 4.39 Å². The molecular weight excluding hydrogens is 367 g/mol. The SMILES string of the molecule is Cc1nn(C)c2c1[nH]c(=S)n2-c1c(Cl)cc(F)cc1Br. The number of fused-ring (bicyclic) bond motifs is 1. The first kappa shape index (κ1) is 13.8. The van der Waals surface area contributed by atoms with Crippen molar-refractivity contribution >= 4 is 50.9 Å². The minimum atomic E-state index is -0.412. The molecule has 0 radical (unpaired) electrons. The highest BCUT2D eigenvalue weighted by Gasteiger charge is 2.18. The van der Waals surface area contributed by atoms with Gasteiger partial charge in [-0.1, -0.05) is 11.6 Å². The van der Waals surface area contributed by atoms with E-state index in [1.165, 1.54) is 12.1 Å². The van der Waals surface area contributed by atoms with Gasteiger partial charge in [0.25, 0.3) is 0 Å². The average molecular weight is 376 g/mol. The van der Waals surface area contributed by atoms with Gasteiger partial charge < -0.3 is 4.98 Å². The molecule has 3 rings (SSSR count). The van der Waals surface area contributed by atoms with E-state index in [2.05, 4.69) is 26.0 Å². The van der Waals surface area contributed by atoms with Crippen LogP contribution in [-0.4, -0.2) is 19.3 Å². The van der Waals surface area contributed by atoms with E-state index in [4.69, 9.17) is 23.8 Å². The minimum Gasteiger partial charge on any atom is -0.327 e. The Morgan fingerprint density at radius 2 is 2.15 bits per heavy atom. The van der Waals surface area contributed by atoms with Crippen LogP contribution >= 0.6 is 39.7 Å². The average Bonchev–Trinajstić information content (AvgIpc) is 2.78. The van der Waals surface area contributed by atoms with Gasteiger partial charge in [-0.2, -0.15) is 5.10 Å². The monoisotopic (exact) mass is 374 g/mol. The third-order valence-corrected chi connectivity index (χ3v) is 4.22. The summed E-state index contributed by atoms with van der Waals surface area (Å²) in [6, 6.07) is 2.61. The van der Waals surface area contributed by atoms with Gasteiger partial charge in [-0.15, -0.1) is 0 Å². The molecule has 2 heterocycles. The standard InChI is InChI=1S/C12H9BrClFN4S/c1-5-9-11(18(2)17-5)19(12(20)16-9)10-7(13)3-6(15)4-8(10)14/h3-4H,1-2H3,(H,16,20). The van der Waals surface area contributed by atoms with Gasteiger partial charge in [-0.05, 0) is 47.2 Å². The van der Waals surface area contributed by atoms with E-state index in [-0.39, 0.29) is 5.02 Å². The number of rotatable bonds is 1. The van der Waals surface area contributed by atoms with Gasteiger partial charge in [-0.25, -0.2) is 9.07 Å². The minimum absolute atomic E-state index is 0.271. The van der Waals surface area contributed by atoms with E-state index in [0.717, 1.165) is 16.9 Å². The first-order chi connectivity index (χ1) is 9.40. The molecule has 0 atom stereocenters. The van der Waals surface area contributed by atoms with E-state index in [1.54, 1.807) is 9.25 Å². The first-order valence-corrected chi connectivity index (χ1v) is 7.27. The molecule has 0 aliphatic heterocycles. The van der Waals surface area contributed by atoms with Gasteiger partial charge in [0.15, 0.2) is 10.4 Å². The number of H-pyrrole nitrogens is 1. The molecule has 0 spiro atoms. The van der Waals surface area contributed by atoms with Crippen LogP contribution in [0.2, 0.25) is 5.02 Å². The molecule has 2 aromatic heterocycles. The summed E-state index contributed by atoms with van der Waals surface area (Å²) in [5.74, 6) is -0.412. The van der Waals surface area contributed by atoms with Crippen molar-refractivity contribution in [2.24, 2.45) is 7.05 Å². The molecule has 0 aliphatic carbocycles. The largest absolute Gasteiger partial charge is 0.327 e. The molecule has 0 saturated carbocycles. The number of aryl methyl sites for hydroxylation is 2. The van der Waals surface area contributed by atoms with E-state index < -0.39 is 5.82 Å². The lowest BCUT2D eigenvalue weighted by Crippen LogP contribution is -2.02. The third kappa shape index (κ3) is 1.92. The maximum absolute atomic E-state index is 13.4. The summed E-state index contributed by atoms with van der Waals surface area (Å²) in [7, 11) is 1.82. The van der Waals surface area contributed by atoms with Gasteiger partial charge in [-0.3, -0.25) is 4.57 Å². The highest BCUT2D eigenvalue weighted by atomic mass is 79.9. The summed E-state index contributed by atoms with van der Waals surface area (Å²) in [5.41, 5.74) is 3.04. The zero-order valence-electron chi connectivity index (χ0n) is 10.5. The Morgan fingerprint density at radius 1 is 1.45 bits per heavy atom. The van der Waals surface area contributed by atoms with Crippen LogP contribution in [0.1, 0.15) is 5.69 Å². The lowest BCUT2D eigenvalue weighted by Gasteiger charge is -2.10.